The molecular weight excluding hydrogens is 322 g/mol. The van der Waals surface area contributed by atoms with Crippen LogP contribution < -0.4 is 10.5 Å². The molecule has 8 heteroatoms. The average Bonchev–Trinajstić information content (AvgIpc) is 3.01. The van der Waals surface area contributed by atoms with Crippen LogP contribution in [0, 0.1) is 0 Å². The Labute approximate surface area is 143 Å². The van der Waals surface area contributed by atoms with Gasteiger partial charge in [0.1, 0.15) is 12.1 Å². The van der Waals surface area contributed by atoms with Crippen molar-refractivity contribution in [1.82, 2.24) is 19.9 Å². The largest absolute Gasteiger partial charge is 0.475 e. The molecule has 3 heterocycles. The van der Waals surface area contributed by atoms with Gasteiger partial charge in [-0.15, -0.1) is 0 Å². The molecule has 4 N–H and O–H groups in total. The molecule has 0 saturated carbocycles. The second-order valence-corrected chi connectivity index (χ2v) is 5.48. The van der Waals surface area contributed by atoms with E-state index < -0.39 is 12.0 Å². The van der Waals surface area contributed by atoms with Gasteiger partial charge in [0.25, 0.3) is 0 Å². The number of nitrogens with zero attached hydrogens (tertiary/aromatic N) is 3. The van der Waals surface area contributed by atoms with Crippen LogP contribution in [-0.4, -0.2) is 43.7 Å². The quantitative estimate of drug-likeness (QED) is 0.581. The smallest absolute Gasteiger partial charge is 0.241 e. The lowest BCUT2D eigenvalue weighted by Gasteiger charge is -2.07. The normalized spacial score (nSPS) is 12.6. The van der Waals surface area contributed by atoms with Crippen LogP contribution in [0.2, 0.25) is 0 Å². The standard InChI is InChI=1S/C17H17N5O3/c1-10(23)9-25-15-5-3-11(6-19-15)13-8-21-17-16(22-13)12(7-20-17)2-4-14(18)24/h2-8,10,23H,9H2,1H3,(H2,18,24)(H,20,21)/b4-2+/t10-/m0/s1. The lowest BCUT2D eigenvalue weighted by molar-refractivity contribution is -0.113. The molecule has 0 radical (unpaired) electrons. The number of primary amides is 1. The SMILES string of the molecule is C[C@H](O)COc1ccc(-c2cnc3[nH]cc(/C=C/C(N)=O)c3n2)cn1. The van der Waals surface area contributed by atoms with E-state index in [0.717, 1.165) is 5.56 Å². The molecule has 3 aromatic rings. The van der Waals surface area contributed by atoms with E-state index in [1.807, 2.05) is 6.07 Å². The molecule has 0 spiro atoms. The van der Waals surface area contributed by atoms with Crippen molar-refractivity contribution in [3.63, 3.8) is 0 Å². The van der Waals surface area contributed by atoms with Crippen LogP contribution in [0.5, 0.6) is 5.88 Å². The van der Waals surface area contributed by atoms with E-state index in [4.69, 9.17) is 10.5 Å². The summed E-state index contributed by atoms with van der Waals surface area (Å²) < 4.78 is 5.33. The summed E-state index contributed by atoms with van der Waals surface area (Å²) in [5.74, 6) is -0.110. The first kappa shape index (κ1) is 16.6. The van der Waals surface area contributed by atoms with Crippen molar-refractivity contribution in [3.8, 4) is 17.1 Å². The minimum Gasteiger partial charge on any atom is -0.475 e. The van der Waals surface area contributed by atoms with Gasteiger partial charge in [0, 0.05) is 35.7 Å². The maximum Gasteiger partial charge on any atom is 0.241 e. The lowest BCUT2D eigenvalue weighted by Crippen LogP contribution is -2.13. The number of aromatic amines is 1. The summed E-state index contributed by atoms with van der Waals surface area (Å²) in [4.78, 5) is 27.0. The van der Waals surface area contributed by atoms with Crippen molar-refractivity contribution < 1.29 is 14.6 Å². The molecule has 3 aromatic heterocycles. The van der Waals surface area contributed by atoms with Gasteiger partial charge in [-0.3, -0.25) is 4.79 Å². The van der Waals surface area contributed by atoms with Gasteiger partial charge in [0.15, 0.2) is 5.65 Å². The number of fused-ring (bicyclic) bond motifs is 1. The maximum atomic E-state index is 10.9. The van der Waals surface area contributed by atoms with Crippen LogP contribution in [0.25, 0.3) is 28.5 Å². The lowest BCUT2D eigenvalue weighted by atomic mass is 10.2. The molecular formula is C17H17N5O3. The van der Waals surface area contributed by atoms with E-state index in [1.165, 1.54) is 6.08 Å². The number of nitrogens with one attached hydrogen (secondary N) is 1. The zero-order valence-electron chi connectivity index (χ0n) is 13.5. The zero-order valence-corrected chi connectivity index (χ0v) is 13.5. The van der Waals surface area contributed by atoms with Gasteiger partial charge < -0.3 is 20.6 Å². The number of carbonyl (C=O) groups excluding carboxylic acids is 1. The van der Waals surface area contributed by atoms with Crippen LogP contribution >= 0.6 is 0 Å². The number of ether oxygens (including phenoxy) is 1. The molecule has 0 fully saturated rings. The number of rotatable bonds is 6. The minimum absolute atomic E-state index is 0.178. The second kappa shape index (κ2) is 7.10. The number of hydrogen-bond donors (Lipinski definition) is 3. The first-order valence-corrected chi connectivity index (χ1v) is 7.62. The van der Waals surface area contributed by atoms with E-state index in [1.54, 1.807) is 37.7 Å². The second-order valence-electron chi connectivity index (χ2n) is 5.48. The number of aromatic nitrogens is 4. The first-order chi connectivity index (χ1) is 12.0. The summed E-state index contributed by atoms with van der Waals surface area (Å²) in [5.41, 5.74) is 8.48. The van der Waals surface area contributed by atoms with Gasteiger partial charge in [0.2, 0.25) is 11.8 Å². The molecule has 3 rings (SSSR count). The molecule has 8 nitrogen and oxygen atoms in total. The molecule has 0 aliphatic carbocycles. The van der Waals surface area contributed by atoms with Gasteiger partial charge in [-0.1, -0.05) is 0 Å². The molecule has 0 aliphatic heterocycles. The highest BCUT2D eigenvalue weighted by atomic mass is 16.5. The molecule has 128 valence electrons. The van der Waals surface area contributed by atoms with E-state index in [-0.39, 0.29) is 6.61 Å². The summed E-state index contributed by atoms with van der Waals surface area (Å²) in [5, 5.41) is 9.22. The Bertz CT molecular complexity index is 916. The number of hydrogen-bond acceptors (Lipinski definition) is 6. The van der Waals surface area contributed by atoms with Crippen molar-refractivity contribution >= 4 is 23.1 Å². The van der Waals surface area contributed by atoms with Gasteiger partial charge in [-0.05, 0) is 19.1 Å². The summed E-state index contributed by atoms with van der Waals surface area (Å²) in [6, 6.07) is 3.51. The van der Waals surface area contributed by atoms with Gasteiger partial charge >= 0.3 is 0 Å². The van der Waals surface area contributed by atoms with E-state index in [2.05, 4.69) is 19.9 Å². The molecule has 25 heavy (non-hydrogen) atoms. The Morgan fingerprint density at radius 1 is 1.40 bits per heavy atom. The number of carbonyl (C=O) groups is 1. The highest BCUT2D eigenvalue weighted by Crippen LogP contribution is 2.22. The van der Waals surface area contributed by atoms with Gasteiger partial charge in [-0.2, -0.15) is 0 Å². The highest BCUT2D eigenvalue weighted by Gasteiger charge is 2.08. The number of aliphatic hydroxyl groups excluding tert-OH is 1. The van der Waals surface area contributed by atoms with Crippen molar-refractivity contribution in [1.29, 1.82) is 0 Å². The minimum atomic E-state index is -0.560. The van der Waals surface area contributed by atoms with E-state index in [9.17, 15) is 9.90 Å². The summed E-state index contributed by atoms with van der Waals surface area (Å²) in [6.45, 7) is 1.82. The predicted octanol–water partition coefficient (Wildman–Crippen LogP) is 1.28. The zero-order chi connectivity index (χ0) is 17.8. The fraction of sp³-hybridized carbons (Fsp3) is 0.176. The molecule has 0 bridgehead atoms. The van der Waals surface area contributed by atoms with E-state index in [0.29, 0.717) is 28.3 Å². The van der Waals surface area contributed by atoms with Crippen LogP contribution in [0.1, 0.15) is 12.5 Å². The molecule has 1 amide bonds. The molecule has 0 aromatic carbocycles. The van der Waals surface area contributed by atoms with Crippen molar-refractivity contribution in [3.05, 3.63) is 42.4 Å². The molecule has 0 aliphatic rings. The van der Waals surface area contributed by atoms with Crippen LogP contribution in [0.15, 0.2) is 36.8 Å². The van der Waals surface area contributed by atoms with Gasteiger partial charge in [-0.25, -0.2) is 15.0 Å². The van der Waals surface area contributed by atoms with E-state index >= 15 is 0 Å². The van der Waals surface area contributed by atoms with Crippen molar-refractivity contribution in [2.24, 2.45) is 5.73 Å². The third-order valence-electron chi connectivity index (χ3n) is 3.34. The Morgan fingerprint density at radius 3 is 2.92 bits per heavy atom. The maximum absolute atomic E-state index is 10.9. The highest BCUT2D eigenvalue weighted by molar-refractivity contribution is 5.93. The fourth-order valence-corrected chi connectivity index (χ4v) is 2.17. The number of H-pyrrole nitrogens is 1. The monoisotopic (exact) mass is 339 g/mol. The fourth-order valence-electron chi connectivity index (χ4n) is 2.17. The molecule has 1 atom stereocenters. The first-order valence-electron chi connectivity index (χ1n) is 7.62. The molecule has 0 unspecified atom stereocenters. The average molecular weight is 339 g/mol. The van der Waals surface area contributed by atoms with Crippen LogP contribution in [0.4, 0.5) is 0 Å². The number of aliphatic hydroxyl groups is 1. The Balaban J connectivity index is 1.88. The summed E-state index contributed by atoms with van der Waals surface area (Å²) in [7, 11) is 0. The van der Waals surface area contributed by atoms with Crippen LogP contribution in [0.3, 0.4) is 0 Å². The van der Waals surface area contributed by atoms with Gasteiger partial charge in [0.05, 0.1) is 18.0 Å². The van der Waals surface area contributed by atoms with Crippen molar-refractivity contribution in [2.45, 2.75) is 13.0 Å². The summed E-state index contributed by atoms with van der Waals surface area (Å²) in [6.07, 6.45) is 7.26. The Kier molecular flexibility index (Phi) is 4.71. The third-order valence-corrected chi connectivity index (χ3v) is 3.34. The number of nitrogens with two attached hydrogens (primary N) is 1. The van der Waals surface area contributed by atoms with Crippen molar-refractivity contribution in [2.75, 3.05) is 6.61 Å². The number of pyridine rings is 1. The predicted molar refractivity (Wildman–Crippen MR) is 92.5 cm³/mol. The third kappa shape index (κ3) is 3.99. The van der Waals surface area contributed by atoms with Crippen LogP contribution in [-0.2, 0) is 4.79 Å². The number of amides is 1. The topological polar surface area (TPSA) is 127 Å². The summed E-state index contributed by atoms with van der Waals surface area (Å²) >= 11 is 0. The Morgan fingerprint density at radius 2 is 2.24 bits per heavy atom. The Hall–Kier alpha value is -3.26. The molecule has 0 saturated heterocycles.